The van der Waals surface area contributed by atoms with E-state index < -0.39 is 11.7 Å². The molecule has 9 heteroatoms. The first-order chi connectivity index (χ1) is 12.1. The molecule has 0 bridgehead atoms. The number of aromatic nitrogens is 2. The van der Waals surface area contributed by atoms with Gasteiger partial charge in [-0.3, -0.25) is 14.7 Å². The molecular weight excluding hydrogens is 442 g/mol. The Morgan fingerprint density at radius 2 is 2.20 bits per heavy atom. The van der Waals surface area contributed by atoms with Crippen LogP contribution < -0.4 is 10.8 Å². The third-order valence-electron chi connectivity index (χ3n) is 3.42. The van der Waals surface area contributed by atoms with E-state index in [0.29, 0.717) is 16.6 Å². The first kappa shape index (κ1) is 17.6. The smallest absolute Gasteiger partial charge is 0.276 e. The minimum atomic E-state index is -0.523. The van der Waals surface area contributed by atoms with Gasteiger partial charge in [0.25, 0.3) is 5.91 Å². The van der Waals surface area contributed by atoms with Gasteiger partial charge in [0.1, 0.15) is 5.82 Å². The quantitative estimate of drug-likeness (QED) is 0.260. The summed E-state index contributed by atoms with van der Waals surface area (Å²) in [4.78, 5) is 17.2. The average molecular weight is 456 g/mol. The Kier molecular flexibility index (Phi) is 5.46. The predicted octanol–water partition coefficient (Wildman–Crippen LogP) is 2.70. The highest BCUT2D eigenvalue weighted by Crippen LogP contribution is 2.31. The maximum Gasteiger partial charge on any atom is 0.276 e. The minimum absolute atomic E-state index is 0.0335. The third-order valence-corrected chi connectivity index (χ3v) is 4.09. The van der Waals surface area contributed by atoms with Crippen molar-refractivity contribution in [1.29, 1.82) is 0 Å². The number of carbonyl (C=O) groups excluding carboxylic acids is 1. The zero-order valence-electron chi connectivity index (χ0n) is 12.8. The Balaban J connectivity index is 2.00. The summed E-state index contributed by atoms with van der Waals surface area (Å²) in [7, 11) is 0. The lowest BCUT2D eigenvalue weighted by molar-refractivity contribution is 0.0169. The molecule has 1 aromatic heterocycles. The molecule has 0 saturated carbocycles. The minimum Gasteiger partial charge on any atom is -0.394 e. The average Bonchev–Trinajstić information content (AvgIpc) is 3.06. The first-order valence-electron chi connectivity index (χ1n) is 7.31. The largest absolute Gasteiger partial charge is 0.394 e. The monoisotopic (exact) mass is 456 g/mol. The molecule has 25 heavy (non-hydrogen) atoms. The molecule has 3 rings (SSSR count). The fraction of sp³-hybridized carbons (Fsp3) is 0.125. The van der Waals surface area contributed by atoms with E-state index in [4.69, 9.17) is 9.94 Å². The summed E-state index contributed by atoms with van der Waals surface area (Å²) < 4.78 is 15.0. The van der Waals surface area contributed by atoms with Crippen LogP contribution in [0.4, 0.5) is 15.8 Å². The van der Waals surface area contributed by atoms with Crippen LogP contribution in [-0.4, -0.2) is 34.4 Å². The SMILES string of the molecule is O=C(NOCCO)c1ccc2[nH]ncc2c1Nc1ccc(I)cc1F. The van der Waals surface area contributed by atoms with E-state index in [1.807, 2.05) is 22.6 Å². The standard InChI is InChI=1S/C16H14FIN4O3/c17-12-7-9(18)1-3-14(12)20-15-10(16(24)22-25-6-5-23)2-4-13-11(15)8-19-21-13/h1-4,7-8,20,23H,5-6H2,(H,19,21)(H,22,24). The number of hydrogen-bond acceptors (Lipinski definition) is 5. The number of nitrogens with zero attached hydrogens (tertiary/aromatic N) is 1. The molecule has 2 aromatic carbocycles. The van der Waals surface area contributed by atoms with Gasteiger partial charge in [0.15, 0.2) is 0 Å². The lowest BCUT2D eigenvalue weighted by Crippen LogP contribution is -2.25. The zero-order valence-corrected chi connectivity index (χ0v) is 15.0. The van der Waals surface area contributed by atoms with Crippen LogP contribution in [-0.2, 0) is 4.84 Å². The highest BCUT2D eigenvalue weighted by atomic mass is 127. The Hall–Kier alpha value is -2.24. The second-order valence-electron chi connectivity index (χ2n) is 5.07. The lowest BCUT2D eigenvalue weighted by atomic mass is 10.1. The van der Waals surface area contributed by atoms with Crippen molar-refractivity contribution in [2.24, 2.45) is 0 Å². The Labute approximate surface area is 155 Å². The molecule has 1 amide bonds. The number of hydroxylamine groups is 1. The number of nitrogens with one attached hydrogen (secondary N) is 3. The number of aliphatic hydroxyl groups excluding tert-OH is 1. The van der Waals surface area contributed by atoms with Crippen molar-refractivity contribution >= 4 is 50.8 Å². The second kappa shape index (κ2) is 7.76. The van der Waals surface area contributed by atoms with Gasteiger partial charge in [-0.15, -0.1) is 0 Å². The molecule has 0 aliphatic carbocycles. The maximum atomic E-state index is 14.2. The van der Waals surface area contributed by atoms with Gasteiger partial charge in [-0.2, -0.15) is 5.10 Å². The number of benzene rings is 2. The number of rotatable bonds is 6. The van der Waals surface area contributed by atoms with Gasteiger partial charge in [0, 0.05) is 8.96 Å². The van der Waals surface area contributed by atoms with Crippen molar-refractivity contribution in [2.75, 3.05) is 18.5 Å². The molecule has 4 N–H and O–H groups in total. The van der Waals surface area contributed by atoms with Crippen molar-refractivity contribution in [3.63, 3.8) is 0 Å². The summed E-state index contributed by atoms with van der Waals surface area (Å²) >= 11 is 2.02. The number of carbonyl (C=O) groups is 1. The van der Waals surface area contributed by atoms with Crippen LogP contribution in [0.5, 0.6) is 0 Å². The van der Waals surface area contributed by atoms with E-state index in [-0.39, 0.29) is 24.5 Å². The summed E-state index contributed by atoms with van der Waals surface area (Å²) in [6, 6.07) is 8.01. The van der Waals surface area contributed by atoms with E-state index in [9.17, 15) is 9.18 Å². The van der Waals surface area contributed by atoms with E-state index in [1.165, 1.54) is 6.07 Å². The Morgan fingerprint density at radius 1 is 1.36 bits per heavy atom. The van der Waals surface area contributed by atoms with Gasteiger partial charge in [0.2, 0.25) is 0 Å². The molecule has 0 saturated heterocycles. The van der Waals surface area contributed by atoms with E-state index in [2.05, 4.69) is 21.0 Å². The van der Waals surface area contributed by atoms with Crippen LogP contribution >= 0.6 is 22.6 Å². The van der Waals surface area contributed by atoms with Crippen molar-refractivity contribution in [2.45, 2.75) is 0 Å². The van der Waals surface area contributed by atoms with Crippen LogP contribution in [0.15, 0.2) is 36.5 Å². The van der Waals surface area contributed by atoms with Crippen molar-refractivity contribution < 1.29 is 19.1 Å². The molecule has 0 atom stereocenters. The predicted molar refractivity (Wildman–Crippen MR) is 99.0 cm³/mol. The summed E-state index contributed by atoms with van der Waals surface area (Å²) in [5, 5.41) is 19.1. The third kappa shape index (κ3) is 3.89. The number of hydrogen-bond donors (Lipinski definition) is 4. The van der Waals surface area contributed by atoms with Crippen LogP contribution in [0, 0.1) is 9.39 Å². The summed E-state index contributed by atoms with van der Waals surface area (Å²) in [6.07, 6.45) is 1.55. The van der Waals surface area contributed by atoms with Gasteiger partial charge in [-0.1, -0.05) is 0 Å². The molecule has 130 valence electrons. The van der Waals surface area contributed by atoms with Gasteiger partial charge < -0.3 is 10.4 Å². The molecule has 0 spiro atoms. The normalized spacial score (nSPS) is 10.8. The summed E-state index contributed by atoms with van der Waals surface area (Å²) in [5.41, 5.74) is 3.83. The van der Waals surface area contributed by atoms with Crippen molar-refractivity contribution in [3.8, 4) is 0 Å². The molecule has 0 radical (unpaired) electrons. The fourth-order valence-electron chi connectivity index (χ4n) is 2.28. The van der Waals surface area contributed by atoms with Gasteiger partial charge in [-0.05, 0) is 52.9 Å². The first-order valence-corrected chi connectivity index (χ1v) is 8.39. The molecular formula is C16H14FIN4O3. The van der Waals surface area contributed by atoms with E-state index in [0.717, 1.165) is 3.57 Å². The lowest BCUT2D eigenvalue weighted by Gasteiger charge is -2.14. The Bertz CT molecular complexity index is 916. The number of anilines is 2. The van der Waals surface area contributed by atoms with Crippen molar-refractivity contribution in [1.82, 2.24) is 15.7 Å². The van der Waals surface area contributed by atoms with Crippen LogP contribution in [0.1, 0.15) is 10.4 Å². The van der Waals surface area contributed by atoms with Crippen LogP contribution in [0.25, 0.3) is 10.9 Å². The highest BCUT2D eigenvalue weighted by Gasteiger charge is 2.17. The Morgan fingerprint density at radius 3 is 2.96 bits per heavy atom. The molecule has 0 unspecified atom stereocenters. The maximum absolute atomic E-state index is 14.2. The molecule has 3 aromatic rings. The molecule has 0 aliphatic heterocycles. The van der Waals surface area contributed by atoms with Crippen LogP contribution in [0.3, 0.4) is 0 Å². The van der Waals surface area contributed by atoms with Gasteiger partial charge in [-0.25, -0.2) is 9.87 Å². The van der Waals surface area contributed by atoms with Crippen molar-refractivity contribution in [3.05, 3.63) is 51.5 Å². The number of fused-ring (bicyclic) bond motifs is 1. The zero-order chi connectivity index (χ0) is 17.8. The summed E-state index contributed by atoms with van der Waals surface area (Å²) in [5.74, 6) is -0.958. The second-order valence-corrected chi connectivity index (χ2v) is 6.32. The molecule has 0 fully saturated rings. The topological polar surface area (TPSA) is 99.3 Å². The van der Waals surface area contributed by atoms with Gasteiger partial charge in [0.05, 0.1) is 41.9 Å². The van der Waals surface area contributed by atoms with Gasteiger partial charge >= 0.3 is 0 Å². The highest BCUT2D eigenvalue weighted by molar-refractivity contribution is 14.1. The number of aliphatic hydroxyl groups is 1. The number of halogens is 2. The van der Waals surface area contributed by atoms with E-state index >= 15 is 0 Å². The summed E-state index contributed by atoms with van der Waals surface area (Å²) in [6.45, 7) is -0.256. The number of amides is 1. The molecule has 1 heterocycles. The number of aromatic amines is 1. The number of H-pyrrole nitrogens is 1. The molecule has 7 nitrogen and oxygen atoms in total. The van der Waals surface area contributed by atoms with Crippen LogP contribution in [0.2, 0.25) is 0 Å². The molecule has 0 aliphatic rings. The fourth-order valence-corrected chi connectivity index (χ4v) is 2.74. The van der Waals surface area contributed by atoms with E-state index in [1.54, 1.807) is 30.5 Å².